The van der Waals surface area contributed by atoms with Gasteiger partial charge in [-0.15, -0.1) is 0 Å². The second-order valence-corrected chi connectivity index (χ2v) is 15.3. The molecule has 7 rings (SSSR count). The normalized spacial score (nSPS) is 16.0. The number of likely N-dealkylation sites (tertiary alicyclic amines) is 1. The SMILES string of the molecule is Cc1nn(Cc2ccccn2)cc1-c1ccc(-c2cnc(C(=O)Nc3ccc(C(=O)N4CCN(C(=O)C5CC[N+](C)(C)CC5)CC4)c(Cl)c3)n2C)c(F)c1F. The van der Waals surface area contributed by atoms with Crippen LogP contribution >= 0.6 is 11.6 Å². The maximum absolute atomic E-state index is 15.7. The zero-order chi connectivity index (χ0) is 39.0. The molecule has 2 aromatic carbocycles. The summed E-state index contributed by atoms with van der Waals surface area (Å²) in [5.41, 5.74) is 2.54. The quantitative estimate of drug-likeness (QED) is 0.204. The molecule has 0 atom stereocenters. The molecule has 15 heteroatoms. The van der Waals surface area contributed by atoms with Gasteiger partial charge in [-0.3, -0.25) is 24.0 Å². The number of piperazine rings is 1. The van der Waals surface area contributed by atoms with E-state index >= 15 is 8.78 Å². The van der Waals surface area contributed by atoms with Gasteiger partial charge in [0.15, 0.2) is 17.5 Å². The number of quaternary nitrogens is 1. The zero-order valence-corrected chi connectivity index (χ0v) is 32.0. The topological polar surface area (TPSA) is 118 Å². The lowest BCUT2D eigenvalue weighted by atomic mass is 9.94. The highest BCUT2D eigenvalue weighted by atomic mass is 35.5. The van der Waals surface area contributed by atoms with Crippen molar-refractivity contribution in [3.63, 3.8) is 0 Å². The Morgan fingerprint density at radius 2 is 1.60 bits per heavy atom. The van der Waals surface area contributed by atoms with E-state index in [-0.39, 0.29) is 51.0 Å². The molecule has 0 spiro atoms. The van der Waals surface area contributed by atoms with Crippen LogP contribution in [-0.4, -0.2) is 110 Å². The average molecular weight is 771 g/mol. The standard InChI is InChI=1S/C40H42ClF2N9O3/c1-25-32(24-51(47-25)23-28-7-5-6-14-44-28)29-10-11-31(36(43)35(29)42)34-22-45-37(48(34)2)38(53)46-27-8-9-30(33(41)21-27)40(55)50-17-15-49(16-18-50)39(54)26-12-19-52(3,4)20-13-26/h5-11,14,21-22,24,26H,12-13,15-20,23H2,1-4H3/p+1. The molecule has 0 bridgehead atoms. The Morgan fingerprint density at radius 1 is 0.909 bits per heavy atom. The van der Waals surface area contributed by atoms with E-state index in [1.165, 1.54) is 36.0 Å². The number of aromatic nitrogens is 5. The summed E-state index contributed by atoms with van der Waals surface area (Å²) in [4.78, 5) is 51.9. The van der Waals surface area contributed by atoms with Crippen molar-refractivity contribution in [1.29, 1.82) is 0 Å². The second-order valence-electron chi connectivity index (χ2n) is 14.9. The van der Waals surface area contributed by atoms with Gasteiger partial charge < -0.3 is 24.2 Å². The lowest BCUT2D eigenvalue weighted by molar-refractivity contribution is -0.895. The minimum absolute atomic E-state index is 0.0367. The monoisotopic (exact) mass is 770 g/mol. The smallest absolute Gasteiger partial charge is 0.291 e. The highest BCUT2D eigenvalue weighted by Crippen LogP contribution is 2.33. The minimum atomic E-state index is -1.09. The number of rotatable bonds is 8. The van der Waals surface area contributed by atoms with Gasteiger partial charge in [0.1, 0.15) is 0 Å². The summed E-state index contributed by atoms with van der Waals surface area (Å²) in [6.07, 6.45) is 6.39. The largest absolute Gasteiger partial charge is 0.339 e. The molecular formula is C40H43ClF2N9O3+. The van der Waals surface area contributed by atoms with E-state index in [2.05, 4.69) is 34.5 Å². The molecule has 0 radical (unpaired) electrons. The predicted molar refractivity (Wildman–Crippen MR) is 204 cm³/mol. The van der Waals surface area contributed by atoms with Crippen molar-refractivity contribution in [2.24, 2.45) is 13.0 Å². The number of benzene rings is 2. The van der Waals surface area contributed by atoms with Crippen LogP contribution in [0.5, 0.6) is 0 Å². The van der Waals surface area contributed by atoms with Crippen molar-refractivity contribution in [3.8, 4) is 22.4 Å². The Hall–Kier alpha value is -5.47. The summed E-state index contributed by atoms with van der Waals surface area (Å²) >= 11 is 6.56. The first-order valence-corrected chi connectivity index (χ1v) is 18.6. The van der Waals surface area contributed by atoms with E-state index in [4.69, 9.17) is 11.6 Å². The summed E-state index contributed by atoms with van der Waals surface area (Å²) in [6, 6.07) is 13.1. The number of hydrogen-bond donors (Lipinski definition) is 1. The Morgan fingerprint density at radius 3 is 2.29 bits per heavy atom. The molecule has 0 aliphatic carbocycles. The number of anilines is 1. The molecule has 3 amide bonds. The number of halogens is 3. The first kappa shape index (κ1) is 37.8. The lowest BCUT2D eigenvalue weighted by Gasteiger charge is -2.40. The highest BCUT2D eigenvalue weighted by Gasteiger charge is 2.35. The Kier molecular flexibility index (Phi) is 10.6. The molecule has 0 unspecified atom stereocenters. The van der Waals surface area contributed by atoms with E-state index < -0.39 is 17.5 Å². The van der Waals surface area contributed by atoms with Crippen LogP contribution in [0.1, 0.15) is 45.2 Å². The molecule has 5 heterocycles. The van der Waals surface area contributed by atoms with Crippen molar-refractivity contribution in [2.45, 2.75) is 26.3 Å². The van der Waals surface area contributed by atoms with Gasteiger partial charge in [0.2, 0.25) is 5.91 Å². The van der Waals surface area contributed by atoms with Crippen LogP contribution in [0.25, 0.3) is 22.4 Å². The Balaban J connectivity index is 0.986. The second kappa shape index (κ2) is 15.3. The number of nitrogens with zero attached hydrogens (tertiary/aromatic N) is 8. The fourth-order valence-corrected chi connectivity index (χ4v) is 7.63. The maximum atomic E-state index is 15.7. The number of nitrogens with one attached hydrogen (secondary N) is 1. The highest BCUT2D eigenvalue weighted by molar-refractivity contribution is 6.34. The molecule has 2 aliphatic rings. The molecule has 2 saturated heterocycles. The van der Waals surface area contributed by atoms with Crippen molar-refractivity contribution in [2.75, 3.05) is 58.7 Å². The molecule has 2 fully saturated rings. The summed E-state index contributed by atoms with van der Waals surface area (Å²) in [5.74, 6) is -2.84. The van der Waals surface area contributed by atoms with Crippen LogP contribution < -0.4 is 5.32 Å². The third kappa shape index (κ3) is 7.87. The number of hydrogen-bond acceptors (Lipinski definition) is 6. The number of carbonyl (C=O) groups is 3. The molecule has 1 N–H and O–H groups in total. The van der Waals surface area contributed by atoms with Crippen LogP contribution in [0.4, 0.5) is 14.5 Å². The van der Waals surface area contributed by atoms with E-state index in [0.717, 1.165) is 36.1 Å². The number of pyridine rings is 1. The van der Waals surface area contributed by atoms with E-state index in [1.807, 2.05) is 23.1 Å². The molecule has 286 valence electrons. The number of aryl methyl sites for hydroxylation is 1. The van der Waals surface area contributed by atoms with Gasteiger partial charge in [0.25, 0.3) is 11.8 Å². The molecule has 5 aromatic rings. The van der Waals surface area contributed by atoms with Crippen LogP contribution in [0.3, 0.4) is 0 Å². The third-order valence-corrected chi connectivity index (χ3v) is 11.0. The third-order valence-electron chi connectivity index (χ3n) is 10.7. The zero-order valence-electron chi connectivity index (χ0n) is 31.2. The fourth-order valence-electron chi connectivity index (χ4n) is 7.37. The first-order chi connectivity index (χ1) is 26.3. The van der Waals surface area contributed by atoms with Gasteiger partial charge in [-0.05, 0) is 43.3 Å². The van der Waals surface area contributed by atoms with Crippen LogP contribution in [0, 0.1) is 24.5 Å². The van der Waals surface area contributed by atoms with Gasteiger partial charge in [0.05, 0.1) is 67.6 Å². The van der Waals surface area contributed by atoms with Gasteiger partial charge in [-0.25, -0.2) is 13.8 Å². The van der Waals surface area contributed by atoms with E-state index in [9.17, 15) is 14.4 Å². The van der Waals surface area contributed by atoms with E-state index in [0.29, 0.717) is 49.7 Å². The first-order valence-electron chi connectivity index (χ1n) is 18.2. The molecule has 0 saturated carbocycles. The van der Waals surface area contributed by atoms with Crippen molar-refractivity contribution < 1.29 is 27.6 Å². The Bertz CT molecular complexity index is 2250. The van der Waals surface area contributed by atoms with Crippen molar-refractivity contribution >= 4 is 35.0 Å². The molecule has 2 aliphatic heterocycles. The molecule has 3 aromatic heterocycles. The van der Waals surface area contributed by atoms with Gasteiger partial charge >= 0.3 is 0 Å². The number of carbonyl (C=O) groups excluding carboxylic acids is 3. The summed E-state index contributed by atoms with van der Waals surface area (Å²) in [6.45, 7) is 5.80. The molecule has 55 heavy (non-hydrogen) atoms. The van der Waals surface area contributed by atoms with Crippen molar-refractivity contribution in [3.05, 3.63) is 107 Å². The average Bonchev–Trinajstić information content (AvgIpc) is 3.73. The number of imidazole rings is 1. The summed E-state index contributed by atoms with van der Waals surface area (Å²) in [5, 5.41) is 7.34. The maximum Gasteiger partial charge on any atom is 0.291 e. The van der Waals surface area contributed by atoms with Gasteiger partial charge in [0, 0.05) is 86.8 Å². The molecule has 12 nitrogen and oxygen atoms in total. The van der Waals surface area contributed by atoms with Crippen LogP contribution in [0.2, 0.25) is 5.02 Å². The van der Waals surface area contributed by atoms with Gasteiger partial charge in [-0.2, -0.15) is 5.10 Å². The van der Waals surface area contributed by atoms with E-state index in [1.54, 1.807) is 41.0 Å². The Labute approximate surface area is 322 Å². The number of amides is 3. The lowest BCUT2D eigenvalue weighted by Crippen LogP contribution is -2.54. The van der Waals surface area contributed by atoms with Crippen LogP contribution in [0.15, 0.2) is 67.1 Å². The van der Waals surface area contributed by atoms with Crippen molar-refractivity contribution in [1.82, 2.24) is 34.1 Å². The number of piperidine rings is 1. The fraction of sp³-hybridized carbons (Fsp3) is 0.350. The summed E-state index contributed by atoms with van der Waals surface area (Å²) < 4.78 is 35.2. The molecular weight excluding hydrogens is 728 g/mol. The van der Waals surface area contributed by atoms with Crippen LogP contribution in [-0.2, 0) is 18.4 Å². The summed E-state index contributed by atoms with van der Waals surface area (Å²) in [7, 11) is 5.91. The minimum Gasteiger partial charge on any atom is -0.339 e. The van der Waals surface area contributed by atoms with Gasteiger partial charge in [-0.1, -0.05) is 23.7 Å². The predicted octanol–water partition coefficient (Wildman–Crippen LogP) is 5.66.